The maximum Gasteiger partial charge on any atom is 0.0834 e. The molecule has 1 N–H and O–H groups in total. The number of aromatic nitrogens is 2. The smallest absolute Gasteiger partial charge is 0.0834 e. The number of hydrogen-bond donors (Lipinski definition) is 1. The number of rotatable bonds is 10. The topological polar surface area (TPSA) is 29.9 Å². The summed E-state index contributed by atoms with van der Waals surface area (Å²) in [5, 5.41) is 8.68. The lowest BCUT2D eigenvalue weighted by Crippen LogP contribution is -2.24. The minimum Gasteiger partial charge on any atom is -0.309 e. The van der Waals surface area contributed by atoms with Crippen molar-refractivity contribution in [2.75, 3.05) is 6.54 Å². The van der Waals surface area contributed by atoms with Crippen LogP contribution in [0.25, 0.3) is 0 Å². The summed E-state index contributed by atoms with van der Waals surface area (Å²) in [6.07, 6.45) is 9.46. The van der Waals surface area contributed by atoms with E-state index in [4.69, 9.17) is 11.6 Å². The summed E-state index contributed by atoms with van der Waals surface area (Å²) in [7, 11) is 0. The number of nitrogens with one attached hydrogen (secondary N) is 1. The average molecular weight is 286 g/mol. The second-order valence-electron chi connectivity index (χ2n) is 5.01. The van der Waals surface area contributed by atoms with E-state index in [9.17, 15) is 0 Å². The van der Waals surface area contributed by atoms with Gasteiger partial charge in [0.1, 0.15) is 0 Å². The lowest BCUT2D eigenvalue weighted by molar-refractivity contribution is 0.444. The monoisotopic (exact) mass is 285 g/mol. The van der Waals surface area contributed by atoms with Crippen LogP contribution in [0, 0.1) is 0 Å². The van der Waals surface area contributed by atoms with E-state index in [0.717, 1.165) is 30.2 Å². The zero-order valence-corrected chi connectivity index (χ0v) is 13.3. The molecular weight excluding hydrogens is 258 g/mol. The first-order chi connectivity index (χ1) is 9.24. The Morgan fingerprint density at radius 3 is 2.58 bits per heavy atom. The molecule has 0 aromatic carbocycles. The summed E-state index contributed by atoms with van der Waals surface area (Å²) in [5.41, 5.74) is 1.15. The zero-order valence-electron chi connectivity index (χ0n) is 12.6. The Kier molecular flexibility index (Phi) is 8.15. The summed E-state index contributed by atoms with van der Waals surface area (Å²) < 4.78 is 2.02. The van der Waals surface area contributed by atoms with Gasteiger partial charge in [-0.2, -0.15) is 5.10 Å². The molecule has 0 fully saturated rings. The maximum atomic E-state index is 6.29. The second kappa shape index (κ2) is 9.38. The number of hydrogen-bond acceptors (Lipinski definition) is 2. The van der Waals surface area contributed by atoms with Crippen molar-refractivity contribution in [2.45, 2.75) is 71.9 Å². The fourth-order valence-electron chi connectivity index (χ4n) is 2.50. The van der Waals surface area contributed by atoms with E-state index in [-0.39, 0.29) is 0 Å². The van der Waals surface area contributed by atoms with Crippen LogP contribution in [0.1, 0.15) is 71.0 Å². The van der Waals surface area contributed by atoms with Gasteiger partial charge in [0.25, 0.3) is 0 Å². The van der Waals surface area contributed by atoms with Crippen LogP contribution < -0.4 is 5.32 Å². The van der Waals surface area contributed by atoms with Crippen molar-refractivity contribution in [3.05, 3.63) is 16.9 Å². The molecule has 1 unspecified atom stereocenters. The molecule has 0 amide bonds. The van der Waals surface area contributed by atoms with Crippen molar-refractivity contribution in [1.29, 1.82) is 0 Å². The van der Waals surface area contributed by atoms with Crippen molar-refractivity contribution in [1.82, 2.24) is 15.1 Å². The first-order valence-corrected chi connectivity index (χ1v) is 8.06. The molecular formula is C15H28ClN3. The molecule has 1 rings (SSSR count). The molecule has 0 saturated heterocycles. The summed E-state index contributed by atoms with van der Waals surface area (Å²) in [5.74, 6) is 0. The Balaban J connectivity index is 2.58. The quantitative estimate of drug-likeness (QED) is 0.638. The SMILES string of the molecule is CCCCCCCC(NCC)c1c(Cl)cnn1CC. The average Bonchev–Trinajstić information content (AvgIpc) is 2.78. The third-order valence-electron chi connectivity index (χ3n) is 3.51. The minimum absolute atomic E-state index is 0.335. The molecule has 3 nitrogen and oxygen atoms in total. The van der Waals surface area contributed by atoms with Crippen molar-refractivity contribution in [2.24, 2.45) is 0 Å². The van der Waals surface area contributed by atoms with E-state index >= 15 is 0 Å². The Morgan fingerprint density at radius 2 is 1.95 bits per heavy atom. The van der Waals surface area contributed by atoms with Crippen molar-refractivity contribution in [3.63, 3.8) is 0 Å². The highest BCUT2D eigenvalue weighted by atomic mass is 35.5. The van der Waals surface area contributed by atoms with Crippen LogP contribution in [0.5, 0.6) is 0 Å². The molecule has 0 bridgehead atoms. The van der Waals surface area contributed by atoms with E-state index in [1.807, 2.05) is 4.68 Å². The molecule has 0 aliphatic heterocycles. The van der Waals surface area contributed by atoms with E-state index in [1.165, 1.54) is 32.1 Å². The highest BCUT2D eigenvalue weighted by molar-refractivity contribution is 6.31. The lowest BCUT2D eigenvalue weighted by Gasteiger charge is -2.19. The van der Waals surface area contributed by atoms with Gasteiger partial charge in [-0.15, -0.1) is 0 Å². The summed E-state index contributed by atoms with van der Waals surface area (Å²) in [6, 6.07) is 0.335. The molecule has 1 aromatic rings. The van der Waals surface area contributed by atoms with Crippen LogP contribution in [0.3, 0.4) is 0 Å². The first-order valence-electron chi connectivity index (χ1n) is 7.69. The van der Waals surface area contributed by atoms with Gasteiger partial charge in [-0.1, -0.05) is 57.6 Å². The van der Waals surface area contributed by atoms with Gasteiger partial charge in [0, 0.05) is 6.54 Å². The third-order valence-corrected chi connectivity index (χ3v) is 3.80. The van der Waals surface area contributed by atoms with Gasteiger partial charge in [-0.3, -0.25) is 4.68 Å². The Labute approximate surface area is 122 Å². The zero-order chi connectivity index (χ0) is 14.1. The van der Waals surface area contributed by atoms with Gasteiger partial charge in [0.2, 0.25) is 0 Å². The van der Waals surface area contributed by atoms with Crippen LogP contribution in [0.2, 0.25) is 5.02 Å². The van der Waals surface area contributed by atoms with Gasteiger partial charge < -0.3 is 5.32 Å². The van der Waals surface area contributed by atoms with Gasteiger partial charge in [0.15, 0.2) is 0 Å². The summed E-state index contributed by atoms with van der Waals surface area (Å²) in [6.45, 7) is 8.34. The van der Waals surface area contributed by atoms with Crippen LogP contribution in [0.4, 0.5) is 0 Å². The number of halogens is 1. The van der Waals surface area contributed by atoms with Crippen molar-refractivity contribution >= 4 is 11.6 Å². The molecule has 0 aliphatic carbocycles. The standard InChI is InChI=1S/C15H28ClN3/c1-4-7-8-9-10-11-14(17-5-2)15-13(16)12-18-19(15)6-3/h12,14,17H,4-11H2,1-3H3. The molecule has 0 aliphatic rings. The maximum absolute atomic E-state index is 6.29. The largest absolute Gasteiger partial charge is 0.309 e. The molecule has 0 saturated carbocycles. The third kappa shape index (κ3) is 5.15. The molecule has 1 atom stereocenters. The normalized spacial score (nSPS) is 12.8. The molecule has 0 radical (unpaired) electrons. The highest BCUT2D eigenvalue weighted by Crippen LogP contribution is 2.27. The number of nitrogens with zero attached hydrogens (tertiary/aromatic N) is 2. The van der Waals surface area contributed by atoms with Crippen molar-refractivity contribution in [3.8, 4) is 0 Å². The van der Waals surface area contributed by atoms with Crippen LogP contribution in [-0.4, -0.2) is 16.3 Å². The summed E-state index contributed by atoms with van der Waals surface area (Å²) in [4.78, 5) is 0. The predicted octanol–water partition coefficient (Wildman–Crippen LogP) is 4.57. The van der Waals surface area contributed by atoms with Crippen molar-refractivity contribution < 1.29 is 0 Å². The van der Waals surface area contributed by atoms with Gasteiger partial charge in [0.05, 0.1) is 23.0 Å². The van der Waals surface area contributed by atoms with E-state index in [2.05, 4.69) is 31.2 Å². The van der Waals surface area contributed by atoms with Gasteiger partial charge >= 0.3 is 0 Å². The number of unbranched alkanes of at least 4 members (excludes halogenated alkanes) is 4. The predicted molar refractivity (Wildman–Crippen MR) is 82.7 cm³/mol. The van der Waals surface area contributed by atoms with E-state index in [0.29, 0.717) is 6.04 Å². The number of aryl methyl sites for hydroxylation is 1. The van der Waals surface area contributed by atoms with Gasteiger partial charge in [-0.25, -0.2) is 0 Å². The molecule has 1 aromatic heterocycles. The van der Waals surface area contributed by atoms with E-state index in [1.54, 1.807) is 6.20 Å². The Hall–Kier alpha value is -0.540. The summed E-state index contributed by atoms with van der Waals surface area (Å²) >= 11 is 6.29. The van der Waals surface area contributed by atoms with E-state index < -0.39 is 0 Å². The van der Waals surface area contributed by atoms with Crippen LogP contribution >= 0.6 is 11.6 Å². The molecule has 110 valence electrons. The molecule has 0 spiro atoms. The fourth-order valence-corrected chi connectivity index (χ4v) is 2.78. The highest BCUT2D eigenvalue weighted by Gasteiger charge is 2.18. The lowest BCUT2D eigenvalue weighted by atomic mass is 10.0. The molecule has 4 heteroatoms. The Morgan fingerprint density at radius 1 is 1.21 bits per heavy atom. The fraction of sp³-hybridized carbons (Fsp3) is 0.800. The van der Waals surface area contributed by atoms with Crippen LogP contribution in [-0.2, 0) is 6.54 Å². The second-order valence-corrected chi connectivity index (χ2v) is 5.41. The van der Waals surface area contributed by atoms with Crippen LogP contribution in [0.15, 0.2) is 6.20 Å². The molecule has 19 heavy (non-hydrogen) atoms. The Bertz CT molecular complexity index is 349. The molecule has 1 heterocycles. The minimum atomic E-state index is 0.335. The first kappa shape index (κ1) is 16.5. The van der Waals surface area contributed by atoms with Gasteiger partial charge in [-0.05, 0) is 19.9 Å².